The van der Waals surface area contributed by atoms with Gasteiger partial charge in [0.15, 0.2) is 5.96 Å². The molecule has 8 heteroatoms. The van der Waals surface area contributed by atoms with Crippen molar-refractivity contribution in [2.45, 2.75) is 6.54 Å². The summed E-state index contributed by atoms with van der Waals surface area (Å²) >= 11 is 5.80. The predicted octanol–water partition coefficient (Wildman–Crippen LogP) is 1.44. The normalized spacial score (nSPS) is 9.06. The number of halogens is 2. The molecule has 0 aromatic heterocycles. The van der Waals surface area contributed by atoms with Crippen molar-refractivity contribution in [3.8, 4) is 0 Å². The van der Waals surface area contributed by atoms with Gasteiger partial charge in [0.1, 0.15) is 0 Å². The molecule has 0 bridgehead atoms. The van der Waals surface area contributed by atoms with Crippen molar-refractivity contribution in [3.63, 3.8) is 0 Å². The standard InChI is InChI=1S/C8H9ClN4O2.ClH/c9-6-2-1-3-7(13(14)15)5(6)4-12-8(10)11;/h1-3H,4H2,(H4,10,11,12);1H. The Labute approximate surface area is 103 Å². The average molecular weight is 265 g/mol. The van der Waals surface area contributed by atoms with Crippen LogP contribution in [0.2, 0.25) is 5.02 Å². The Balaban J connectivity index is 0.00000225. The van der Waals surface area contributed by atoms with Crippen molar-refractivity contribution < 1.29 is 4.92 Å². The minimum atomic E-state index is -0.524. The minimum Gasteiger partial charge on any atom is -0.370 e. The molecular weight excluding hydrogens is 255 g/mol. The Morgan fingerprint density at radius 3 is 2.62 bits per heavy atom. The van der Waals surface area contributed by atoms with Crippen molar-refractivity contribution in [3.05, 3.63) is 38.9 Å². The fourth-order valence-corrected chi connectivity index (χ4v) is 1.27. The first kappa shape index (κ1) is 14.5. The van der Waals surface area contributed by atoms with Gasteiger partial charge in [-0.1, -0.05) is 17.7 Å². The number of nitro benzene ring substituents is 1. The average Bonchev–Trinajstić information content (AvgIpc) is 2.15. The number of guanidine groups is 1. The maximum Gasteiger partial charge on any atom is 0.275 e. The predicted molar refractivity (Wildman–Crippen MR) is 64.9 cm³/mol. The topological polar surface area (TPSA) is 108 Å². The van der Waals surface area contributed by atoms with Crippen LogP contribution in [0.4, 0.5) is 5.69 Å². The molecule has 16 heavy (non-hydrogen) atoms. The molecule has 1 aromatic rings. The maximum absolute atomic E-state index is 10.7. The van der Waals surface area contributed by atoms with Gasteiger partial charge in [-0.2, -0.15) is 0 Å². The van der Waals surface area contributed by atoms with E-state index in [0.717, 1.165) is 0 Å². The summed E-state index contributed by atoms with van der Waals surface area (Å²) in [6.45, 7) is -0.00167. The van der Waals surface area contributed by atoms with Gasteiger partial charge in [0, 0.05) is 6.07 Å². The lowest BCUT2D eigenvalue weighted by atomic mass is 10.2. The second kappa shape index (κ2) is 6.14. The number of benzene rings is 1. The van der Waals surface area contributed by atoms with Gasteiger partial charge in [-0.05, 0) is 6.07 Å². The lowest BCUT2D eigenvalue weighted by Gasteiger charge is -2.02. The van der Waals surface area contributed by atoms with Crippen molar-refractivity contribution in [1.29, 1.82) is 0 Å². The Morgan fingerprint density at radius 2 is 2.12 bits per heavy atom. The third-order valence-corrected chi connectivity index (χ3v) is 2.06. The first-order valence-corrected chi connectivity index (χ1v) is 4.37. The van der Waals surface area contributed by atoms with Gasteiger partial charge < -0.3 is 11.5 Å². The molecule has 1 rings (SSSR count). The van der Waals surface area contributed by atoms with Crippen LogP contribution in [0, 0.1) is 10.1 Å². The highest BCUT2D eigenvalue weighted by Gasteiger charge is 2.15. The summed E-state index contributed by atoms with van der Waals surface area (Å²) in [4.78, 5) is 13.8. The van der Waals surface area contributed by atoms with Gasteiger partial charge >= 0.3 is 0 Å². The van der Waals surface area contributed by atoms with Gasteiger partial charge in [0.25, 0.3) is 5.69 Å². The van der Waals surface area contributed by atoms with Gasteiger partial charge in [-0.25, -0.2) is 4.99 Å². The van der Waals surface area contributed by atoms with Crippen molar-refractivity contribution in [2.24, 2.45) is 16.5 Å². The molecule has 0 heterocycles. The number of aliphatic imine (C=N–C) groups is 1. The van der Waals surface area contributed by atoms with Crippen LogP contribution in [0.15, 0.2) is 23.2 Å². The molecule has 0 aliphatic heterocycles. The molecule has 0 saturated heterocycles. The van der Waals surface area contributed by atoms with Crippen LogP contribution in [0.25, 0.3) is 0 Å². The van der Waals surface area contributed by atoms with Crippen molar-refractivity contribution in [1.82, 2.24) is 0 Å². The quantitative estimate of drug-likeness (QED) is 0.373. The molecule has 0 saturated carbocycles. The Morgan fingerprint density at radius 1 is 1.50 bits per heavy atom. The highest BCUT2D eigenvalue weighted by atomic mass is 35.5. The Hall–Kier alpha value is -1.53. The largest absolute Gasteiger partial charge is 0.370 e. The van der Waals surface area contributed by atoms with Crippen LogP contribution in [0.5, 0.6) is 0 Å². The first-order valence-electron chi connectivity index (χ1n) is 3.99. The lowest BCUT2D eigenvalue weighted by Crippen LogP contribution is -2.22. The summed E-state index contributed by atoms with van der Waals surface area (Å²) in [6.07, 6.45) is 0. The van der Waals surface area contributed by atoms with Crippen LogP contribution in [0.3, 0.4) is 0 Å². The molecule has 0 unspecified atom stereocenters. The molecule has 4 N–H and O–H groups in total. The maximum atomic E-state index is 10.7. The summed E-state index contributed by atoms with van der Waals surface area (Å²) in [5, 5.41) is 10.9. The Bertz CT molecular complexity index is 418. The molecule has 0 fully saturated rings. The van der Waals surface area contributed by atoms with E-state index in [1.807, 2.05) is 0 Å². The van der Waals surface area contributed by atoms with Gasteiger partial charge in [-0.3, -0.25) is 10.1 Å². The van der Waals surface area contributed by atoms with Crippen LogP contribution in [-0.2, 0) is 6.54 Å². The van der Waals surface area contributed by atoms with E-state index in [1.165, 1.54) is 12.1 Å². The molecule has 0 amide bonds. The second-order valence-electron chi connectivity index (χ2n) is 2.74. The van der Waals surface area contributed by atoms with Gasteiger partial charge in [0.05, 0.1) is 22.1 Å². The van der Waals surface area contributed by atoms with Crippen LogP contribution >= 0.6 is 24.0 Å². The summed E-state index contributed by atoms with van der Waals surface area (Å²) in [5.74, 6) is -0.135. The van der Waals surface area contributed by atoms with E-state index in [0.29, 0.717) is 5.56 Å². The second-order valence-corrected chi connectivity index (χ2v) is 3.14. The molecule has 6 nitrogen and oxygen atoms in total. The number of hydrogen-bond acceptors (Lipinski definition) is 3. The fourth-order valence-electron chi connectivity index (χ4n) is 1.05. The highest BCUT2D eigenvalue weighted by Crippen LogP contribution is 2.26. The summed E-state index contributed by atoms with van der Waals surface area (Å²) in [5.41, 5.74) is 10.5. The zero-order valence-electron chi connectivity index (χ0n) is 8.09. The smallest absolute Gasteiger partial charge is 0.275 e. The van der Waals surface area contributed by atoms with E-state index in [2.05, 4.69) is 4.99 Å². The number of nitro groups is 1. The summed E-state index contributed by atoms with van der Waals surface area (Å²) < 4.78 is 0. The van der Waals surface area contributed by atoms with E-state index in [-0.39, 0.29) is 35.6 Å². The number of hydrogen-bond donors (Lipinski definition) is 2. The van der Waals surface area contributed by atoms with Gasteiger partial charge in [0.2, 0.25) is 0 Å². The lowest BCUT2D eigenvalue weighted by molar-refractivity contribution is -0.385. The third kappa shape index (κ3) is 3.56. The number of nitrogens with two attached hydrogens (primary N) is 2. The molecule has 1 aromatic carbocycles. The van der Waals surface area contributed by atoms with E-state index < -0.39 is 4.92 Å². The zero-order valence-corrected chi connectivity index (χ0v) is 9.66. The number of nitrogens with zero attached hydrogens (tertiary/aromatic N) is 2. The van der Waals surface area contributed by atoms with E-state index in [4.69, 9.17) is 23.1 Å². The van der Waals surface area contributed by atoms with Crippen LogP contribution in [-0.4, -0.2) is 10.9 Å². The monoisotopic (exact) mass is 264 g/mol. The number of rotatable bonds is 3. The zero-order chi connectivity index (χ0) is 11.4. The molecule has 0 aliphatic rings. The van der Waals surface area contributed by atoms with E-state index in [9.17, 15) is 10.1 Å². The minimum absolute atomic E-state index is 0. The van der Waals surface area contributed by atoms with E-state index >= 15 is 0 Å². The van der Waals surface area contributed by atoms with Gasteiger partial charge in [-0.15, -0.1) is 12.4 Å². The van der Waals surface area contributed by atoms with Crippen LogP contribution < -0.4 is 11.5 Å². The molecule has 0 aliphatic carbocycles. The SMILES string of the molecule is Cl.NC(N)=NCc1c(Cl)cccc1[N+](=O)[O-]. The third-order valence-electron chi connectivity index (χ3n) is 1.71. The highest BCUT2D eigenvalue weighted by molar-refractivity contribution is 6.31. The van der Waals surface area contributed by atoms with Crippen molar-refractivity contribution >= 4 is 35.7 Å². The fraction of sp³-hybridized carbons (Fsp3) is 0.125. The molecular formula is C8H10Cl2N4O2. The molecule has 0 spiro atoms. The molecule has 0 radical (unpaired) electrons. The molecule has 0 atom stereocenters. The van der Waals surface area contributed by atoms with Crippen LogP contribution in [0.1, 0.15) is 5.56 Å². The van der Waals surface area contributed by atoms with E-state index in [1.54, 1.807) is 6.07 Å². The molecule has 88 valence electrons. The van der Waals surface area contributed by atoms with Crippen molar-refractivity contribution in [2.75, 3.05) is 0 Å². The Kier molecular flexibility index (Phi) is 5.55. The first-order chi connectivity index (χ1) is 7.02. The summed E-state index contributed by atoms with van der Waals surface area (Å²) in [6, 6.07) is 4.40. The summed E-state index contributed by atoms with van der Waals surface area (Å²) in [7, 11) is 0.